The number of pyridine rings is 1. The fourth-order valence-electron chi connectivity index (χ4n) is 1.09. The third-order valence-corrected chi connectivity index (χ3v) is 2.34. The molecule has 0 aliphatic rings. The largest absolute Gasteiger partial charge is 0.485 e. The van der Waals surface area contributed by atoms with Crippen molar-refractivity contribution in [2.75, 3.05) is 0 Å². The van der Waals surface area contributed by atoms with E-state index < -0.39 is 5.91 Å². The summed E-state index contributed by atoms with van der Waals surface area (Å²) >= 11 is 1.24. The Labute approximate surface area is 95.2 Å². The predicted octanol–water partition coefficient (Wildman–Crippen LogP) is 0.611. The van der Waals surface area contributed by atoms with Gasteiger partial charge in [-0.05, 0) is 23.7 Å². The van der Waals surface area contributed by atoms with Gasteiger partial charge in [0.1, 0.15) is 12.3 Å². The number of rotatable bonds is 4. The molecule has 0 radical (unpaired) electrons. The minimum absolute atomic E-state index is 0.116. The molecule has 0 unspecified atom stereocenters. The lowest BCUT2D eigenvalue weighted by atomic mass is 10.3. The third kappa shape index (κ3) is 2.31. The predicted molar refractivity (Wildman–Crippen MR) is 57.0 cm³/mol. The van der Waals surface area contributed by atoms with Crippen molar-refractivity contribution in [3.8, 4) is 5.75 Å². The van der Waals surface area contributed by atoms with Crippen LogP contribution < -0.4 is 10.5 Å². The fraction of sp³-hybridized carbons (Fsp3) is 0.111. The average molecular weight is 236 g/mol. The molecule has 0 spiro atoms. The van der Waals surface area contributed by atoms with Gasteiger partial charge in [0.2, 0.25) is 0 Å². The maximum absolute atomic E-state index is 11.0. The molecule has 7 heteroatoms. The summed E-state index contributed by atoms with van der Waals surface area (Å²) in [5.74, 6) is -0.269. The molecule has 2 aromatic heterocycles. The minimum Gasteiger partial charge on any atom is -0.485 e. The van der Waals surface area contributed by atoms with Gasteiger partial charge in [-0.25, -0.2) is 4.98 Å². The number of ether oxygens (including phenoxy) is 1. The van der Waals surface area contributed by atoms with Crippen LogP contribution in [-0.4, -0.2) is 20.5 Å². The number of hydrogen-bond donors (Lipinski definition) is 1. The van der Waals surface area contributed by atoms with Crippen LogP contribution in [0.4, 0.5) is 0 Å². The monoisotopic (exact) mass is 236 g/mol. The fourth-order valence-corrected chi connectivity index (χ4v) is 1.53. The van der Waals surface area contributed by atoms with Crippen LogP contribution in [0.1, 0.15) is 16.2 Å². The summed E-state index contributed by atoms with van der Waals surface area (Å²) in [6.45, 7) is 0.239. The van der Waals surface area contributed by atoms with Crippen LogP contribution in [0.15, 0.2) is 23.7 Å². The number of nitrogens with zero attached hydrogens (tertiary/aromatic N) is 3. The number of hydrogen-bond acceptors (Lipinski definition) is 6. The van der Waals surface area contributed by atoms with E-state index in [0.29, 0.717) is 11.4 Å². The smallest absolute Gasteiger partial charge is 0.271 e. The van der Waals surface area contributed by atoms with Gasteiger partial charge in [0.05, 0.1) is 0 Å². The van der Waals surface area contributed by atoms with Crippen LogP contribution in [0, 0.1) is 0 Å². The summed E-state index contributed by atoms with van der Waals surface area (Å²) in [5.41, 5.74) is 5.97. The van der Waals surface area contributed by atoms with Gasteiger partial charge in [-0.3, -0.25) is 4.79 Å². The van der Waals surface area contributed by atoms with Crippen molar-refractivity contribution in [3.05, 3.63) is 35.1 Å². The molecule has 16 heavy (non-hydrogen) atoms. The second-order valence-corrected chi connectivity index (χ2v) is 3.51. The van der Waals surface area contributed by atoms with E-state index in [0.717, 1.165) is 0 Å². The zero-order valence-electron chi connectivity index (χ0n) is 8.16. The lowest BCUT2D eigenvalue weighted by Crippen LogP contribution is -2.14. The van der Waals surface area contributed by atoms with Crippen LogP contribution in [0.3, 0.4) is 0 Å². The van der Waals surface area contributed by atoms with Crippen molar-refractivity contribution in [2.45, 2.75) is 6.61 Å². The number of primary amides is 1. The second kappa shape index (κ2) is 4.67. The van der Waals surface area contributed by atoms with E-state index >= 15 is 0 Å². The normalized spacial score (nSPS) is 10.0. The number of carbonyl (C=O) groups excluding carboxylic acids is 1. The van der Waals surface area contributed by atoms with Gasteiger partial charge in [0, 0.05) is 11.6 Å². The molecular formula is C9H8N4O2S. The highest BCUT2D eigenvalue weighted by molar-refractivity contribution is 7.03. The minimum atomic E-state index is -0.619. The Hall–Kier alpha value is -2.02. The summed E-state index contributed by atoms with van der Waals surface area (Å²) in [7, 11) is 0. The molecule has 0 atom stereocenters. The standard InChI is InChI=1S/C9H8N4O2S/c10-9(14)8-7(2-1-3-11-8)15-4-6-5-16-13-12-6/h1-3,5H,4H2,(H2,10,14). The van der Waals surface area contributed by atoms with Crippen molar-refractivity contribution in [1.82, 2.24) is 14.6 Å². The van der Waals surface area contributed by atoms with E-state index in [2.05, 4.69) is 14.6 Å². The number of aromatic nitrogens is 3. The van der Waals surface area contributed by atoms with Crippen LogP contribution in [-0.2, 0) is 6.61 Å². The first-order chi connectivity index (χ1) is 7.77. The Balaban J connectivity index is 2.12. The molecule has 0 aliphatic heterocycles. The van der Waals surface area contributed by atoms with Gasteiger partial charge >= 0.3 is 0 Å². The van der Waals surface area contributed by atoms with Crippen LogP contribution in [0.2, 0.25) is 0 Å². The van der Waals surface area contributed by atoms with Crippen molar-refractivity contribution >= 4 is 17.4 Å². The zero-order valence-corrected chi connectivity index (χ0v) is 8.98. The summed E-state index contributed by atoms with van der Waals surface area (Å²) in [6.07, 6.45) is 1.48. The van der Waals surface area contributed by atoms with E-state index in [1.54, 1.807) is 17.5 Å². The molecule has 2 aromatic rings. The number of nitrogens with two attached hydrogens (primary N) is 1. The highest BCUT2D eigenvalue weighted by atomic mass is 32.1. The lowest BCUT2D eigenvalue weighted by molar-refractivity contribution is 0.0990. The Bertz CT molecular complexity index is 486. The topological polar surface area (TPSA) is 91.0 Å². The Morgan fingerprint density at radius 1 is 1.56 bits per heavy atom. The molecule has 82 valence electrons. The van der Waals surface area contributed by atoms with Gasteiger partial charge in [-0.2, -0.15) is 0 Å². The first-order valence-electron chi connectivity index (χ1n) is 4.41. The lowest BCUT2D eigenvalue weighted by Gasteiger charge is -2.06. The molecule has 1 amide bonds. The van der Waals surface area contributed by atoms with Gasteiger partial charge < -0.3 is 10.5 Å². The molecule has 2 heterocycles. The van der Waals surface area contributed by atoms with Gasteiger partial charge in [0.25, 0.3) is 5.91 Å². The van der Waals surface area contributed by atoms with E-state index in [-0.39, 0.29) is 12.3 Å². The molecular weight excluding hydrogens is 228 g/mol. The maximum Gasteiger partial charge on any atom is 0.271 e. The highest BCUT2D eigenvalue weighted by Crippen LogP contribution is 2.16. The highest BCUT2D eigenvalue weighted by Gasteiger charge is 2.10. The van der Waals surface area contributed by atoms with Crippen LogP contribution >= 0.6 is 11.5 Å². The van der Waals surface area contributed by atoms with Crippen molar-refractivity contribution in [2.24, 2.45) is 5.73 Å². The Kier molecular flexibility index (Phi) is 3.06. The van der Waals surface area contributed by atoms with Gasteiger partial charge in [-0.1, -0.05) is 4.49 Å². The first kappa shape index (κ1) is 10.5. The molecule has 0 fully saturated rings. The summed E-state index contributed by atoms with van der Waals surface area (Å²) < 4.78 is 9.08. The second-order valence-electron chi connectivity index (χ2n) is 2.90. The average Bonchev–Trinajstić information content (AvgIpc) is 2.79. The van der Waals surface area contributed by atoms with Crippen molar-refractivity contribution in [3.63, 3.8) is 0 Å². The van der Waals surface area contributed by atoms with Crippen LogP contribution in [0.25, 0.3) is 0 Å². The molecule has 2 N–H and O–H groups in total. The maximum atomic E-state index is 11.0. The molecule has 0 aliphatic carbocycles. The van der Waals surface area contributed by atoms with E-state index in [4.69, 9.17) is 10.5 Å². The molecule has 6 nitrogen and oxygen atoms in total. The van der Waals surface area contributed by atoms with Gasteiger partial charge in [-0.15, -0.1) is 5.10 Å². The van der Waals surface area contributed by atoms with Crippen LogP contribution in [0.5, 0.6) is 5.75 Å². The Morgan fingerprint density at radius 2 is 2.44 bits per heavy atom. The van der Waals surface area contributed by atoms with Crippen molar-refractivity contribution < 1.29 is 9.53 Å². The molecule has 0 bridgehead atoms. The van der Waals surface area contributed by atoms with Gasteiger partial charge in [0.15, 0.2) is 11.4 Å². The summed E-state index contributed by atoms with van der Waals surface area (Å²) in [5, 5.41) is 5.58. The molecule has 0 aromatic carbocycles. The van der Waals surface area contributed by atoms with E-state index in [9.17, 15) is 4.79 Å². The first-order valence-corrected chi connectivity index (χ1v) is 5.24. The number of amides is 1. The number of carbonyl (C=O) groups is 1. The Morgan fingerprint density at radius 3 is 3.12 bits per heavy atom. The zero-order chi connectivity index (χ0) is 11.4. The van der Waals surface area contributed by atoms with E-state index in [1.165, 1.54) is 17.7 Å². The third-order valence-electron chi connectivity index (χ3n) is 1.78. The SMILES string of the molecule is NC(=O)c1ncccc1OCc1csnn1. The molecule has 0 saturated heterocycles. The van der Waals surface area contributed by atoms with Crippen molar-refractivity contribution in [1.29, 1.82) is 0 Å². The van der Waals surface area contributed by atoms with E-state index in [1.807, 2.05) is 0 Å². The summed E-state index contributed by atoms with van der Waals surface area (Å²) in [6, 6.07) is 3.30. The quantitative estimate of drug-likeness (QED) is 0.839. The molecule has 0 saturated carbocycles. The summed E-state index contributed by atoms with van der Waals surface area (Å²) in [4.78, 5) is 14.9. The molecule has 2 rings (SSSR count).